The lowest BCUT2D eigenvalue weighted by Crippen LogP contribution is -2.29. The quantitative estimate of drug-likeness (QED) is 0.803. The van der Waals surface area contributed by atoms with Crippen molar-refractivity contribution in [3.63, 3.8) is 0 Å². The predicted molar refractivity (Wildman–Crippen MR) is 78.8 cm³/mol. The van der Waals surface area contributed by atoms with Gasteiger partial charge < -0.3 is 4.90 Å². The van der Waals surface area contributed by atoms with Gasteiger partial charge in [0.25, 0.3) is 5.91 Å². The van der Waals surface area contributed by atoms with Crippen molar-refractivity contribution in [2.24, 2.45) is 0 Å². The second kappa shape index (κ2) is 5.72. The maximum Gasteiger partial charge on any atom is 0.254 e. The Morgan fingerprint density at radius 1 is 1.47 bits per heavy atom. The Labute approximate surface area is 121 Å². The highest BCUT2D eigenvalue weighted by Gasteiger charge is 2.20. The molecule has 2 aromatic rings. The number of aryl methyl sites for hydroxylation is 1. The fourth-order valence-corrected chi connectivity index (χ4v) is 2.93. The molecule has 19 heavy (non-hydrogen) atoms. The molecule has 3 nitrogen and oxygen atoms in total. The summed E-state index contributed by atoms with van der Waals surface area (Å²) in [5.41, 5.74) is 1.32. The van der Waals surface area contributed by atoms with Gasteiger partial charge in [-0.2, -0.15) is 0 Å². The third-order valence-corrected chi connectivity index (χ3v) is 4.26. The average Bonchev–Trinajstić information content (AvgIpc) is 2.88. The first-order chi connectivity index (χ1) is 8.99. The Hall–Kier alpha value is -1.39. The predicted octanol–water partition coefficient (Wildman–Crippen LogP) is 3.94. The van der Waals surface area contributed by atoms with Crippen LogP contribution in [0, 0.1) is 6.92 Å². The molecule has 1 unspecified atom stereocenters. The molecule has 0 N–H and O–H groups in total. The maximum atomic E-state index is 12.4. The molecule has 100 valence electrons. The largest absolute Gasteiger partial charge is 0.334 e. The van der Waals surface area contributed by atoms with E-state index in [1.165, 1.54) is 0 Å². The summed E-state index contributed by atoms with van der Waals surface area (Å²) in [6.45, 7) is 3.84. The summed E-state index contributed by atoms with van der Waals surface area (Å²) >= 11 is 7.54. The van der Waals surface area contributed by atoms with Gasteiger partial charge in [0.05, 0.1) is 6.04 Å². The van der Waals surface area contributed by atoms with E-state index in [0.29, 0.717) is 10.7 Å². The fourth-order valence-electron chi connectivity index (χ4n) is 1.85. The van der Waals surface area contributed by atoms with Crippen LogP contribution in [0.2, 0.25) is 5.15 Å². The van der Waals surface area contributed by atoms with E-state index in [4.69, 9.17) is 11.6 Å². The molecule has 0 aromatic carbocycles. The first kappa shape index (κ1) is 14.0. The van der Waals surface area contributed by atoms with E-state index < -0.39 is 0 Å². The fraction of sp³-hybridized carbons (Fsp3) is 0.286. The Bertz CT molecular complexity index is 563. The summed E-state index contributed by atoms with van der Waals surface area (Å²) in [4.78, 5) is 19.4. The minimum atomic E-state index is -0.0479. The van der Waals surface area contributed by atoms with Crippen LogP contribution in [0.15, 0.2) is 29.6 Å². The van der Waals surface area contributed by atoms with E-state index in [1.807, 2.05) is 31.4 Å². The van der Waals surface area contributed by atoms with Crippen LogP contribution in [0.25, 0.3) is 0 Å². The SMILES string of the molecule is Cc1cc(C(=O)N(C)C(C)c2cccs2)cc(Cl)n1. The summed E-state index contributed by atoms with van der Waals surface area (Å²) in [6, 6.07) is 7.42. The maximum absolute atomic E-state index is 12.4. The molecule has 0 saturated carbocycles. The first-order valence-electron chi connectivity index (χ1n) is 5.94. The molecule has 0 saturated heterocycles. The number of carbonyl (C=O) groups is 1. The number of carbonyl (C=O) groups excluding carboxylic acids is 1. The van der Waals surface area contributed by atoms with Gasteiger partial charge in [0.2, 0.25) is 0 Å². The molecule has 0 aliphatic heterocycles. The van der Waals surface area contributed by atoms with Gasteiger partial charge in [-0.3, -0.25) is 4.79 Å². The Kier molecular flexibility index (Phi) is 4.22. The normalized spacial score (nSPS) is 12.2. The summed E-state index contributed by atoms with van der Waals surface area (Å²) in [5.74, 6) is -0.0479. The third-order valence-electron chi connectivity index (χ3n) is 3.03. The highest BCUT2D eigenvalue weighted by molar-refractivity contribution is 7.10. The lowest BCUT2D eigenvalue weighted by Gasteiger charge is -2.24. The van der Waals surface area contributed by atoms with Gasteiger partial charge in [-0.1, -0.05) is 17.7 Å². The van der Waals surface area contributed by atoms with E-state index >= 15 is 0 Å². The molecular formula is C14H15ClN2OS. The summed E-state index contributed by atoms with van der Waals surface area (Å²) < 4.78 is 0. The molecule has 1 atom stereocenters. The van der Waals surface area contributed by atoms with Crippen LogP contribution in [-0.4, -0.2) is 22.8 Å². The van der Waals surface area contributed by atoms with Crippen LogP contribution in [0.4, 0.5) is 0 Å². The molecule has 2 heterocycles. The van der Waals surface area contributed by atoms with Crippen LogP contribution in [0.1, 0.15) is 33.9 Å². The number of thiophene rings is 1. The summed E-state index contributed by atoms with van der Waals surface area (Å²) in [7, 11) is 1.80. The van der Waals surface area contributed by atoms with Gasteiger partial charge in [0, 0.05) is 23.2 Å². The van der Waals surface area contributed by atoms with Crippen LogP contribution >= 0.6 is 22.9 Å². The second-order valence-corrected chi connectivity index (χ2v) is 5.79. The van der Waals surface area contributed by atoms with Gasteiger partial charge in [-0.25, -0.2) is 4.98 Å². The number of halogens is 1. The van der Waals surface area contributed by atoms with Crippen molar-refractivity contribution in [3.8, 4) is 0 Å². The Morgan fingerprint density at radius 3 is 2.79 bits per heavy atom. The van der Waals surface area contributed by atoms with E-state index in [-0.39, 0.29) is 11.9 Å². The lowest BCUT2D eigenvalue weighted by atomic mass is 10.1. The molecule has 0 fully saturated rings. The Morgan fingerprint density at radius 2 is 2.21 bits per heavy atom. The van der Waals surface area contributed by atoms with Crippen LogP contribution in [-0.2, 0) is 0 Å². The number of pyridine rings is 1. The minimum Gasteiger partial charge on any atom is -0.334 e. The standard InChI is InChI=1S/C14H15ClN2OS/c1-9-7-11(8-13(15)16-9)14(18)17(3)10(2)12-5-4-6-19-12/h4-8,10H,1-3H3. The zero-order chi connectivity index (χ0) is 14.0. The monoisotopic (exact) mass is 294 g/mol. The number of hydrogen-bond donors (Lipinski definition) is 0. The van der Waals surface area contributed by atoms with Gasteiger partial charge in [-0.15, -0.1) is 11.3 Å². The molecule has 0 aliphatic carbocycles. The molecule has 0 aliphatic rings. The van der Waals surface area contributed by atoms with Gasteiger partial charge in [-0.05, 0) is 37.4 Å². The highest BCUT2D eigenvalue weighted by Crippen LogP contribution is 2.25. The first-order valence-corrected chi connectivity index (χ1v) is 7.19. The Balaban J connectivity index is 2.23. The molecule has 0 bridgehead atoms. The van der Waals surface area contributed by atoms with Crippen molar-refractivity contribution < 1.29 is 4.79 Å². The number of rotatable bonds is 3. The van der Waals surface area contributed by atoms with Gasteiger partial charge in [0.1, 0.15) is 5.15 Å². The molecule has 2 aromatic heterocycles. The third kappa shape index (κ3) is 3.14. The van der Waals surface area contributed by atoms with Crippen molar-refractivity contribution in [3.05, 3.63) is 50.9 Å². The van der Waals surface area contributed by atoms with Crippen molar-refractivity contribution in [1.29, 1.82) is 0 Å². The molecule has 2 rings (SSSR count). The molecule has 0 spiro atoms. The molecule has 0 radical (unpaired) electrons. The van der Waals surface area contributed by atoms with E-state index in [0.717, 1.165) is 10.6 Å². The van der Waals surface area contributed by atoms with Gasteiger partial charge in [0.15, 0.2) is 0 Å². The number of aromatic nitrogens is 1. The molecule has 5 heteroatoms. The number of nitrogens with zero attached hydrogens (tertiary/aromatic N) is 2. The number of hydrogen-bond acceptors (Lipinski definition) is 3. The van der Waals surface area contributed by atoms with E-state index in [2.05, 4.69) is 4.98 Å². The zero-order valence-electron chi connectivity index (χ0n) is 11.1. The van der Waals surface area contributed by atoms with E-state index in [9.17, 15) is 4.79 Å². The highest BCUT2D eigenvalue weighted by atomic mass is 35.5. The molecular weight excluding hydrogens is 280 g/mol. The van der Waals surface area contributed by atoms with Crippen LogP contribution in [0.3, 0.4) is 0 Å². The van der Waals surface area contributed by atoms with Crippen LogP contribution < -0.4 is 0 Å². The van der Waals surface area contributed by atoms with Crippen molar-refractivity contribution in [2.45, 2.75) is 19.9 Å². The lowest BCUT2D eigenvalue weighted by molar-refractivity contribution is 0.0744. The van der Waals surface area contributed by atoms with Gasteiger partial charge >= 0.3 is 0 Å². The topological polar surface area (TPSA) is 33.2 Å². The average molecular weight is 295 g/mol. The zero-order valence-corrected chi connectivity index (χ0v) is 12.6. The van der Waals surface area contributed by atoms with E-state index in [1.54, 1.807) is 35.4 Å². The van der Waals surface area contributed by atoms with Crippen LogP contribution in [0.5, 0.6) is 0 Å². The van der Waals surface area contributed by atoms with Crippen molar-refractivity contribution >= 4 is 28.8 Å². The smallest absolute Gasteiger partial charge is 0.254 e. The van der Waals surface area contributed by atoms with Crippen molar-refractivity contribution in [2.75, 3.05) is 7.05 Å². The number of amides is 1. The summed E-state index contributed by atoms with van der Waals surface area (Å²) in [5, 5.41) is 2.36. The second-order valence-electron chi connectivity index (χ2n) is 4.43. The minimum absolute atomic E-state index is 0.0414. The molecule has 1 amide bonds. The summed E-state index contributed by atoms with van der Waals surface area (Å²) in [6.07, 6.45) is 0. The van der Waals surface area contributed by atoms with Crippen molar-refractivity contribution in [1.82, 2.24) is 9.88 Å².